The van der Waals surface area contributed by atoms with Crippen LogP contribution in [-0.4, -0.2) is 40.9 Å². The fraction of sp³-hybridized carbons (Fsp3) is 0.259. The summed E-state index contributed by atoms with van der Waals surface area (Å²) in [7, 11) is 1.64. The second-order valence-corrected chi connectivity index (χ2v) is 8.91. The van der Waals surface area contributed by atoms with Crippen LogP contribution >= 0.6 is 11.3 Å². The lowest BCUT2D eigenvalue weighted by atomic mass is 10.1. The molecular weight excluding hydrogens is 476 g/mol. The van der Waals surface area contributed by atoms with Crippen LogP contribution in [0.5, 0.6) is 11.5 Å². The van der Waals surface area contributed by atoms with Gasteiger partial charge < -0.3 is 14.8 Å². The summed E-state index contributed by atoms with van der Waals surface area (Å²) in [4.78, 5) is 29.9. The summed E-state index contributed by atoms with van der Waals surface area (Å²) in [5, 5.41) is 10.2. The van der Waals surface area contributed by atoms with Crippen LogP contribution in [0.2, 0.25) is 0 Å². The van der Waals surface area contributed by atoms with E-state index in [1.807, 2.05) is 60.8 Å². The predicted molar refractivity (Wildman–Crippen MR) is 141 cm³/mol. The van der Waals surface area contributed by atoms with Gasteiger partial charge in [0.2, 0.25) is 5.91 Å². The summed E-state index contributed by atoms with van der Waals surface area (Å²) in [6.45, 7) is 4.58. The van der Waals surface area contributed by atoms with Crippen LogP contribution < -0.4 is 20.3 Å². The van der Waals surface area contributed by atoms with Crippen molar-refractivity contribution in [3.63, 3.8) is 0 Å². The minimum atomic E-state index is -0.759. The maximum absolute atomic E-state index is 12.8. The molecule has 1 unspecified atom stereocenters. The molecule has 36 heavy (non-hydrogen) atoms. The molecule has 2 aromatic carbocycles. The van der Waals surface area contributed by atoms with Crippen molar-refractivity contribution in [2.24, 2.45) is 0 Å². The molecule has 0 fully saturated rings. The number of nitrogens with one attached hydrogen (secondary N) is 1. The molecule has 0 aliphatic rings. The second kappa shape index (κ2) is 11.6. The normalized spacial score (nSPS) is 11.6. The third-order valence-electron chi connectivity index (χ3n) is 5.60. The highest BCUT2D eigenvalue weighted by Crippen LogP contribution is 2.26. The van der Waals surface area contributed by atoms with Gasteiger partial charge in [0.1, 0.15) is 22.5 Å². The molecule has 0 aliphatic carbocycles. The van der Waals surface area contributed by atoms with E-state index in [4.69, 9.17) is 9.47 Å². The van der Waals surface area contributed by atoms with Crippen LogP contribution in [0.3, 0.4) is 0 Å². The van der Waals surface area contributed by atoms with E-state index in [0.29, 0.717) is 25.3 Å². The first-order valence-corrected chi connectivity index (χ1v) is 12.6. The van der Waals surface area contributed by atoms with Gasteiger partial charge in [0.25, 0.3) is 5.56 Å². The average Bonchev–Trinajstić information content (AvgIpc) is 3.38. The van der Waals surface area contributed by atoms with Crippen LogP contribution in [0.1, 0.15) is 25.6 Å². The summed E-state index contributed by atoms with van der Waals surface area (Å²) in [6.07, 6.45) is 0.583. The van der Waals surface area contributed by atoms with Crippen molar-refractivity contribution in [1.29, 1.82) is 0 Å². The molecule has 0 spiro atoms. The van der Waals surface area contributed by atoms with E-state index < -0.39 is 6.04 Å². The smallest absolute Gasteiger partial charge is 0.267 e. The highest BCUT2D eigenvalue weighted by molar-refractivity contribution is 7.13. The van der Waals surface area contributed by atoms with Gasteiger partial charge in [-0.15, -0.1) is 11.3 Å². The van der Waals surface area contributed by atoms with Crippen molar-refractivity contribution in [3.8, 4) is 33.3 Å². The Hall–Kier alpha value is -3.98. The molecule has 0 bridgehead atoms. The van der Waals surface area contributed by atoms with Crippen molar-refractivity contribution in [3.05, 3.63) is 82.1 Å². The maximum atomic E-state index is 12.8. The van der Waals surface area contributed by atoms with Gasteiger partial charge in [-0.3, -0.25) is 9.59 Å². The number of thiazole rings is 1. The van der Waals surface area contributed by atoms with Crippen LogP contribution in [0.4, 0.5) is 0 Å². The first kappa shape index (κ1) is 25.1. The molecule has 8 nitrogen and oxygen atoms in total. The quantitative estimate of drug-likeness (QED) is 0.345. The molecule has 4 aromatic rings. The highest BCUT2D eigenvalue weighted by Gasteiger charge is 2.18. The fourth-order valence-electron chi connectivity index (χ4n) is 3.61. The van der Waals surface area contributed by atoms with Gasteiger partial charge in [-0.2, -0.15) is 5.10 Å². The van der Waals surface area contributed by atoms with E-state index in [-0.39, 0.29) is 11.5 Å². The highest BCUT2D eigenvalue weighted by atomic mass is 32.1. The Kier molecular flexibility index (Phi) is 8.12. The minimum absolute atomic E-state index is 0.279. The molecule has 4 rings (SSSR count). The summed E-state index contributed by atoms with van der Waals surface area (Å²) >= 11 is 1.56. The van der Waals surface area contributed by atoms with Crippen LogP contribution in [0.15, 0.2) is 70.8 Å². The van der Waals surface area contributed by atoms with Gasteiger partial charge in [-0.25, -0.2) is 9.67 Å². The SMILES string of the molecule is CCOc1ccc(-c2ccc(=O)n(C(C)C(=O)NCCc3csc(-c4ccc(OC)cc4)n3)n2)cc1. The Balaban J connectivity index is 1.36. The number of nitrogens with zero attached hydrogens (tertiary/aromatic N) is 3. The van der Waals surface area contributed by atoms with Gasteiger partial charge in [-0.1, -0.05) is 0 Å². The number of ether oxygens (including phenoxy) is 2. The molecule has 1 atom stereocenters. The number of benzene rings is 2. The van der Waals surface area contributed by atoms with Crippen LogP contribution in [0, 0.1) is 0 Å². The van der Waals surface area contributed by atoms with Crippen LogP contribution in [-0.2, 0) is 11.2 Å². The second-order valence-electron chi connectivity index (χ2n) is 8.05. The van der Waals surface area contributed by atoms with E-state index in [2.05, 4.69) is 15.4 Å². The number of carbonyl (C=O) groups is 1. The number of hydrogen-bond donors (Lipinski definition) is 1. The zero-order valence-corrected chi connectivity index (χ0v) is 21.2. The molecule has 9 heteroatoms. The van der Waals surface area contributed by atoms with Gasteiger partial charge in [0.05, 0.1) is 25.1 Å². The van der Waals surface area contributed by atoms with Gasteiger partial charge in [0, 0.05) is 35.5 Å². The van der Waals surface area contributed by atoms with Gasteiger partial charge in [0.15, 0.2) is 0 Å². The molecule has 0 aliphatic heterocycles. The standard InChI is InChI=1S/C27H28N4O4S/c1-4-35-23-11-5-19(6-12-23)24-13-14-25(32)31(30-24)18(2)26(33)28-16-15-21-17-36-27(29-21)20-7-9-22(34-3)10-8-20/h5-14,17-18H,4,15-16H2,1-3H3,(H,28,33). The van der Waals surface area contributed by atoms with Crippen molar-refractivity contribution < 1.29 is 14.3 Å². The fourth-order valence-corrected chi connectivity index (χ4v) is 4.47. The lowest BCUT2D eigenvalue weighted by Gasteiger charge is -2.15. The van der Waals surface area contributed by atoms with E-state index >= 15 is 0 Å². The third kappa shape index (κ3) is 5.98. The lowest BCUT2D eigenvalue weighted by Crippen LogP contribution is -2.37. The largest absolute Gasteiger partial charge is 0.497 e. The predicted octanol–water partition coefficient (Wildman–Crippen LogP) is 4.36. The lowest BCUT2D eigenvalue weighted by molar-refractivity contribution is -0.124. The summed E-state index contributed by atoms with van der Waals surface area (Å²) in [6, 6.07) is 17.5. The van der Waals surface area contributed by atoms with Gasteiger partial charge >= 0.3 is 0 Å². The Morgan fingerprint density at radius 1 is 1.03 bits per heavy atom. The van der Waals surface area contributed by atoms with Crippen molar-refractivity contribution >= 4 is 17.2 Å². The van der Waals surface area contributed by atoms with E-state index in [0.717, 1.165) is 33.3 Å². The molecular formula is C27H28N4O4S. The Morgan fingerprint density at radius 2 is 1.72 bits per heavy atom. The molecule has 1 N–H and O–H groups in total. The monoisotopic (exact) mass is 504 g/mol. The molecule has 2 aromatic heterocycles. The first-order chi connectivity index (χ1) is 17.5. The number of aromatic nitrogens is 3. The van der Waals surface area contributed by atoms with E-state index in [9.17, 15) is 9.59 Å². The first-order valence-electron chi connectivity index (χ1n) is 11.7. The number of amides is 1. The van der Waals surface area contributed by atoms with E-state index in [1.165, 1.54) is 10.7 Å². The summed E-state index contributed by atoms with van der Waals surface area (Å²) in [5.74, 6) is 1.28. The minimum Gasteiger partial charge on any atom is -0.497 e. The number of rotatable bonds is 10. The maximum Gasteiger partial charge on any atom is 0.267 e. The molecule has 0 saturated carbocycles. The molecule has 2 heterocycles. The molecule has 0 saturated heterocycles. The molecule has 186 valence electrons. The van der Waals surface area contributed by atoms with E-state index in [1.54, 1.807) is 31.4 Å². The molecule has 0 radical (unpaired) electrons. The zero-order valence-electron chi connectivity index (χ0n) is 20.4. The van der Waals surface area contributed by atoms with Crippen molar-refractivity contribution in [2.45, 2.75) is 26.3 Å². The van der Waals surface area contributed by atoms with Crippen molar-refractivity contribution in [1.82, 2.24) is 20.1 Å². The summed E-state index contributed by atoms with van der Waals surface area (Å²) < 4.78 is 11.9. The Labute approximate surface area is 213 Å². The summed E-state index contributed by atoms with van der Waals surface area (Å²) in [5.41, 5.74) is 3.01. The van der Waals surface area contributed by atoms with Crippen molar-refractivity contribution in [2.75, 3.05) is 20.3 Å². The number of hydrogen-bond acceptors (Lipinski definition) is 7. The number of methoxy groups -OCH3 is 1. The molecule has 1 amide bonds. The third-order valence-corrected chi connectivity index (χ3v) is 6.54. The Morgan fingerprint density at radius 3 is 2.42 bits per heavy atom. The van der Waals surface area contributed by atoms with Gasteiger partial charge in [-0.05, 0) is 68.4 Å². The Bertz CT molecular complexity index is 1360. The average molecular weight is 505 g/mol. The number of carbonyl (C=O) groups excluding carboxylic acids is 1. The van der Waals surface area contributed by atoms with Crippen LogP contribution in [0.25, 0.3) is 21.8 Å². The zero-order chi connectivity index (χ0) is 25.5. The topological polar surface area (TPSA) is 95.3 Å².